The molecule has 0 aliphatic carbocycles. The van der Waals surface area contributed by atoms with Gasteiger partial charge >= 0.3 is 0 Å². The Morgan fingerprint density at radius 3 is 2.39 bits per heavy atom. The maximum absolute atomic E-state index is 12.8. The molecule has 0 unspecified atom stereocenters. The van der Waals surface area contributed by atoms with Crippen molar-refractivity contribution in [2.75, 3.05) is 29.9 Å². The Morgan fingerprint density at radius 2 is 1.74 bits per heavy atom. The van der Waals surface area contributed by atoms with Gasteiger partial charge in [-0.25, -0.2) is 8.42 Å². The average molecular weight is 442 g/mol. The molecular weight excluding hydrogens is 414 g/mol. The summed E-state index contributed by atoms with van der Waals surface area (Å²) in [7, 11) is -3.52. The predicted molar refractivity (Wildman–Crippen MR) is 120 cm³/mol. The Hall–Kier alpha value is -2.71. The second-order valence-electron chi connectivity index (χ2n) is 8.26. The van der Waals surface area contributed by atoms with Gasteiger partial charge in [0.25, 0.3) is 5.91 Å². The SMILES string of the molecule is CC1CCN(S(=O)(=O)c2ccc(NC(=O)c3cccc(N4CCCC4=O)c3)cc2)CC1. The van der Waals surface area contributed by atoms with Crippen LogP contribution < -0.4 is 10.2 Å². The van der Waals surface area contributed by atoms with Crippen LogP contribution in [0.25, 0.3) is 0 Å². The van der Waals surface area contributed by atoms with E-state index in [0.29, 0.717) is 48.9 Å². The van der Waals surface area contributed by atoms with Gasteiger partial charge in [-0.05, 0) is 67.6 Å². The van der Waals surface area contributed by atoms with Crippen LogP contribution in [0, 0.1) is 5.92 Å². The second-order valence-corrected chi connectivity index (χ2v) is 10.2. The average Bonchev–Trinajstić information content (AvgIpc) is 3.20. The zero-order chi connectivity index (χ0) is 22.0. The third-order valence-corrected chi connectivity index (χ3v) is 7.90. The smallest absolute Gasteiger partial charge is 0.255 e. The molecule has 0 aromatic heterocycles. The van der Waals surface area contributed by atoms with Crippen LogP contribution in [0.15, 0.2) is 53.4 Å². The van der Waals surface area contributed by atoms with Gasteiger partial charge in [-0.1, -0.05) is 13.0 Å². The van der Waals surface area contributed by atoms with Gasteiger partial charge in [-0.3, -0.25) is 9.59 Å². The molecule has 2 aliphatic heterocycles. The highest BCUT2D eigenvalue weighted by Crippen LogP contribution is 2.25. The summed E-state index contributed by atoms with van der Waals surface area (Å²) in [4.78, 5) is 26.6. The van der Waals surface area contributed by atoms with Crippen LogP contribution >= 0.6 is 0 Å². The predicted octanol–water partition coefficient (Wildman–Crippen LogP) is 3.49. The number of nitrogens with one attached hydrogen (secondary N) is 1. The lowest BCUT2D eigenvalue weighted by Crippen LogP contribution is -2.37. The summed E-state index contributed by atoms with van der Waals surface area (Å²) in [6.07, 6.45) is 3.09. The molecule has 0 atom stereocenters. The first kappa shape index (κ1) is 21.5. The van der Waals surface area contributed by atoms with Crippen molar-refractivity contribution in [1.82, 2.24) is 4.31 Å². The van der Waals surface area contributed by atoms with Crippen molar-refractivity contribution in [2.24, 2.45) is 5.92 Å². The maximum Gasteiger partial charge on any atom is 0.255 e. The minimum absolute atomic E-state index is 0.0671. The second kappa shape index (κ2) is 8.80. The van der Waals surface area contributed by atoms with Gasteiger partial charge < -0.3 is 10.2 Å². The van der Waals surface area contributed by atoms with E-state index in [9.17, 15) is 18.0 Å². The number of rotatable bonds is 5. The largest absolute Gasteiger partial charge is 0.322 e. The molecular formula is C23H27N3O4S. The standard InChI is InChI=1S/C23H27N3O4S/c1-17-11-14-25(15-12-17)31(29,30)21-9-7-19(8-10-21)24-23(28)18-4-2-5-20(16-18)26-13-3-6-22(26)27/h2,4-5,7-10,16-17H,3,6,11-15H2,1H3,(H,24,28). The van der Waals surface area contributed by atoms with Crippen molar-refractivity contribution in [3.63, 3.8) is 0 Å². The molecule has 0 bridgehead atoms. The van der Waals surface area contributed by atoms with Crippen LogP contribution in [-0.2, 0) is 14.8 Å². The monoisotopic (exact) mass is 441 g/mol. The first-order valence-electron chi connectivity index (χ1n) is 10.7. The molecule has 2 fully saturated rings. The summed E-state index contributed by atoms with van der Waals surface area (Å²) in [6.45, 7) is 3.88. The Bertz CT molecular complexity index is 1070. The molecule has 2 aromatic rings. The summed E-state index contributed by atoms with van der Waals surface area (Å²) in [5.41, 5.74) is 1.67. The van der Waals surface area contributed by atoms with Gasteiger partial charge in [-0.2, -0.15) is 4.31 Å². The van der Waals surface area contributed by atoms with Gasteiger partial charge in [0.15, 0.2) is 0 Å². The maximum atomic E-state index is 12.8. The van der Waals surface area contributed by atoms with Crippen LogP contribution in [-0.4, -0.2) is 44.2 Å². The lowest BCUT2D eigenvalue weighted by atomic mass is 10.0. The van der Waals surface area contributed by atoms with Crippen molar-refractivity contribution < 1.29 is 18.0 Å². The molecule has 31 heavy (non-hydrogen) atoms. The molecule has 7 nitrogen and oxygen atoms in total. The van der Waals surface area contributed by atoms with Gasteiger partial charge in [0.05, 0.1) is 4.90 Å². The first-order chi connectivity index (χ1) is 14.8. The lowest BCUT2D eigenvalue weighted by Gasteiger charge is -2.29. The van der Waals surface area contributed by atoms with Crippen LogP contribution in [0.4, 0.5) is 11.4 Å². The first-order valence-corrected chi connectivity index (χ1v) is 12.1. The van der Waals surface area contributed by atoms with E-state index >= 15 is 0 Å². The van der Waals surface area contributed by atoms with E-state index in [2.05, 4.69) is 12.2 Å². The van der Waals surface area contributed by atoms with E-state index in [1.54, 1.807) is 35.2 Å². The molecule has 2 amide bonds. The number of carbonyl (C=O) groups is 2. The molecule has 8 heteroatoms. The molecule has 0 radical (unpaired) electrons. The highest BCUT2D eigenvalue weighted by Gasteiger charge is 2.28. The van der Waals surface area contributed by atoms with Gasteiger partial charge in [0.1, 0.15) is 0 Å². The minimum Gasteiger partial charge on any atom is -0.322 e. The highest BCUT2D eigenvalue weighted by molar-refractivity contribution is 7.89. The van der Waals surface area contributed by atoms with Gasteiger partial charge in [0.2, 0.25) is 15.9 Å². The number of carbonyl (C=O) groups excluding carboxylic acids is 2. The molecule has 1 N–H and O–H groups in total. The van der Waals surface area contributed by atoms with Crippen molar-refractivity contribution >= 4 is 33.2 Å². The fourth-order valence-electron chi connectivity index (χ4n) is 4.02. The Labute approximate surface area is 183 Å². The molecule has 0 saturated carbocycles. The molecule has 2 heterocycles. The van der Waals surface area contributed by atoms with Crippen LogP contribution in [0.1, 0.15) is 43.0 Å². The molecule has 2 aliphatic rings. The molecule has 4 rings (SSSR count). The summed E-state index contributed by atoms with van der Waals surface area (Å²) in [6, 6.07) is 13.2. The summed E-state index contributed by atoms with van der Waals surface area (Å²) in [5, 5.41) is 2.80. The Kier molecular flexibility index (Phi) is 6.11. The summed E-state index contributed by atoms with van der Waals surface area (Å²) >= 11 is 0. The molecule has 0 spiro atoms. The van der Waals surface area contributed by atoms with Gasteiger partial charge in [-0.15, -0.1) is 0 Å². The van der Waals surface area contributed by atoms with Crippen molar-refractivity contribution in [2.45, 2.75) is 37.5 Å². The van der Waals surface area contributed by atoms with Crippen LogP contribution in [0.2, 0.25) is 0 Å². The highest BCUT2D eigenvalue weighted by atomic mass is 32.2. The van der Waals surface area contributed by atoms with E-state index in [4.69, 9.17) is 0 Å². The number of nitrogens with zero attached hydrogens (tertiary/aromatic N) is 2. The quantitative estimate of drug-likeness (QED) is 0.770. The van der Waals surface area contributed by atoms with Crippen LogP contribution in [0.5, 0.6) is 0 Å². The number of sulfonamides is 1. The third kappa shape index (κ3) is 4.65. The van der Waals surface area contributed by atoms with E-state index in [1.807, 2.05) is 6.07 Å². The molecule has 2 saturated heterocycles. The number of amides is 2. The van der Waals surface area contributed by atoms with E-state index < -0.39 is 10.0 Å². The van der Waals surface area contributed by atoms with E-state index in [0.717, 1.165) is 19.3 Å². The zero-order valence-electron chi connectivity index (χ0n) is 17.6. The number of anilines is 2. The molecule has 164 valence electrons. The number of hydrogen-bond donors (Lipinski definition) is 1. The van der Waals surface area contributed by atoms with Crippen molar-refractivity contribution in [1.29, 1.82) is 0 Å². The third-order valence-electron chi connectivity index (χ3n) is 5.99. The zero-order valence-corrected chi connectivity index (χ0v) is 18.4. The summed E-state index contributed by atoms with van der Waals surface area (Å²) in [5.74, 6) is 0.303. The van der Waals surface area contributed by atoms with Crippen LogP contribution in [0.3, 0.4) is 0 Å². The van der Waals surface area contributed by atoms with Crippen molar-refractivity contribution in [3.8, 4) is 0 Å². The number of benzene rings is 2. The number of piperidine rings is 1. The fourth-order valence-corrected chi connectivity index (χ4v) is 5.49. The van der Waals surface area contributed by atoms with E-state index in [1.165, 1.54) is 16.4 Å². The topological polar surface area (TPSA) is 86.8 Å². The summed E-state index contributed by atoms with van der Waals surface area (Å²) < 4.78 is 27.2. The Balaban J connectivity index is 1.44. The van der Waals surface area contributed by atoms with Gasteiger partial charge in [0, 0.05) is 43.0 Å². The minimum atomic E-state index is -3.52. The fraction of sp³-hybridized carbons (Fsp3) is 0.391. The molecule has 2 aromatic carbocycles. The number of hydrogen-bond acceptors (Lipinski definition) is 4. The van der Waals surface area contributed by atoms with Crippen molar-refractivity contribution in [3.05, 3.63) is 54.1 Å². The Morgan fingerprint density at radius 1 is 1.03 bits per heavy atom. The van der Waals surface area contributed by atoms with E-state index in [-0.39, 0.29) is 16.7 Å². The normalized spacial score (nSPS) is 18.4. The lowest BCUT2D eigenvalue weighted by molar-refractivity contribution is -0.117.